The van der Waals surface area contributed by atoms with Gasteiger partial charge in [0, 0.05) is 6.54 Å². The summed E-state index contributed by atoms with van der Waals surface area (Å²) in [7, 11) is 0. The molecule has 1 aliphatic carbocycles. The summed E-state index contributed by atoms with van der Waals surface area (Å²) in [6.45, 7) is 5.22. The molecule has 20 heavy (non-hydrogen) atoms. The molecule has 1 aliphatic rings. The van der Waals surface area contributed by atoms with E-state index < -0.39 is 0 Å². The molecule has 0 radical (unpaired) electrons. The largest absolute Gasteiger partial charge is 0.354 e. The third kappa shape index (κ3) is 6.74. The van der Waals surface area contributed by atoms with E-state index in [-0.39, 0.29) is 11.9 Å². The Morgan fingerprint density at radius 3 is 2.55 bits per heavy atom. The predicted molar refractivity (Wildman–Crippen MR) is 85.5 cm³/mol. The van der Waals surface area contributed by atoms with Crippen molar-refractivity contribution in [2.75, 3.05) is 6.54 Å². The molecule has 1 unspecified atom stereocenters. The summed E-state index contributed by atoms with van der Waals surface area (Å²) < 4.78 is 0. The van der Waals surface area contributed by atoms with Crippen LogP contribution in [0, 0.1) is 11.8 Å². The SMILES string of the molecule is CCCCC(CC)CNC(=O)[C@H](N)CC1CCCCC1. The minimum absolute atomic E-state index is 0.0607. The number of amides is 1. The molecule has 1 amide bonds. The highest BCUT2D eigenvalue weighted by molar-refractivity contribution is 5.81. The fraction of sp³-hybridized carbons (Fsp3) is 0.941. The number of nitrogens with two attached hydrogens (primary N) is 1. The summed E-state index contributed by atoms with van der Waals surface area (Å²) in [6, 6.07) is -0.304. The molecular weight excluding hydrogens is 248 g/mol. The molecule has 1 saturated carbocycles. The molecule has 3 N–H and O–H groups in total. The third-order valence-electron chi connectivity index (χ3n) is 4.76. The van der Waals surface area contributed by atoms with Crippen LogP contribution < -0.4 is 11.1 Å². The van der Waals surface area contributed by atoms with Crippen molar-refractivity contribution in [2.45, 2.75) is 84.1 Å². The molecule has 0 heterocycles. The highest BCUT2D eigenvalue weighted by atomic mass is 16.2. The van der Waals surface area contributed by atoms with Gasteiger partial charge in [-0.1, -0.05) is 65.2 Å². The summed E-state index contributed by atoms with van der Waals surface area (Å²) in [5, 5.41) is 3.07. The zero-order chi connectivity index (χ0) is 14.8. The van der Waals surface area contributed by atoms with Crippen LogP contribution in [0.5, 0.6) is 0 Å². The molecule has 3 heteroatoms. The Balaban J connectivity index is 2.22. The van der Waals surface area contributed by atoms with Gasteiger partial charge in [-0.3, -0.25) is 4.79 Å². The van der Waals surface area contributed by atoms with Crippen LogP contribution >= 0.6 is 0 Å². The van der Waals surface area contributed by atoms with Crippen molar-refractivity contribution in [1.82, 2.24) is 5.32 Å². The quantitative estimate of drug-likeness (QED) is 0.678. The third-order valence-corrected chi connectivity index (χ3v) is 4.76. The molecule has 0 aromatic heterocycles. The number of carbonyl (C=O) groups excluding carboxylic acids is 1. The van der Waals surface area contributed by atoms with Gasteiger partial charge in [-0.25, -0.2) is 0 Å². The van der Waals surface area contributed by atoms with Crippen molar-refractivity contribution in [1.29, 1.82) is 0 Å². The molecule has 118 valence electrons. The van der Waals surface area contributed by atoms with Crippen molar-refractivity contribution < 1.29 is 4.79 Å². The van der Waals surface area contributed by atoms with Crippen molar-refractivity contribution in [3.8, 4) is 0 Å². The van der Waals surface area contributed by atoms with E-state index in [2.05, 4.69) is 19.2 Å². The highest BCUT2D eigenvalue weighted by Gasteiger charge is 2.21. The van der Waals surface area contributed by atoms with Gasteiger partial charge in [0.15, 0.2) is 0 Å². The first kappa shape index (κ1) is 17.5. The van der Waals surface area contributed by atoms with Gasteiger partial charge in [0.05, 0.1) is 6.04 Å². The van der Waals surface area contributed by atoms with Gasteiger partial charge in [-0.15, -0.1) is 0 Å². The fourth-order valence-electron chi connectivity index (χ4n) is 3.21. The van der Waals surface area contributed by atoms with Gasteiger partial charge in [-0.2, -0.15) is 0 Å². The number of hydrogen-bond donors (Lipinski definition) is 2. The monoisotopic (exact) mass is 282 g/mol. The highest BCUT2D eigenvalue weighted by Crippen LogP contribution is 2.26. The van der Waals surface area contributed by atoms with E-state index >= 15 is 0 Å². The van der Waals surface area contributed by atoms with Gasteiger partial charge < -0.3 is 11.1 Å². The van der Waals surface area contributed by atoms with E-state index in [1.165, 1.54) is 51.4 Å². The number of rotatable bonds is 9. The van der Waals surface area contributed by atoms with Gasteiger partial charge >= 0.3 is 0 Å². The van der Waals surface area contributed by atoms with Gasteiger partial charge in [0.2, 0.25) is 5.91 Å². The standard InChI is InChI=1S/C17H34N2O/c1-3-5-9-14(4-2)13-19-17(20)16(18)12-15-10-7-6-8-11-15/h14-16H,3-13,18H2,1-2H3,(H,19,20)/t14?,16-/m1/s1. The topological polar surface area (TPSA) is 55.1 Å². The minimum atomic E-state index is -0.304. The number of carbonyl (C=O) groups is 1. The van der Waals surface area contributed by atoms with Crippen LogP contribution in [0.3, 0.4) is 0 Å². The summed E-state index contributed by atoms with van der Waals surface area (Å²) in [5.41, 5.74) is 6.06. The van der Waals surface area contributed by atoms with Crippen LogP contribution in [0.4, 0.5) is 0 Å². The molecule has 0 aromatic carbocycles. The first-order valence-corrected chi connectivity index (χ1v) is 8.70. The summed E-state index contributed by atoms with van der Waals surface area (Å²) in [4.78, 5) is 12.1. The number of unbranched alkanes of at least 4 members (excludes halogenated alkanes) is 1. The molecule has 0 spiro atoms. The molecule has 1 fully saturated rings. The Kier molecular flexibility index (Phi) is 8.92. The first-order valence-electron chi connectivity index (χ1n) is 8.70. The van der Waals surface area contributed by atoms with Crippen LogP contribution in [0.25, 0.3) is 0 Å². The fourth-order valence-corrected chi connectivity index (χ4v) is 3.21. The van der Waals surface area contributed by atoms with Crippen molar-refractivity contribution >= 4 is 5.91 Å². The Hall–Kier alpha value is -0.570. The molecular formula is C17H34N2O. The molecule has 0 aromatic rings. The second kappa shape index (κ2) is 10.2. The lowest BCUT2D eigenvalue weighted by molar-refractivity contribution is -0.123. The molecule has 2 atom stereocenters. The molecule has 3 nitrogen and oxygen atoms in total. The Morgan fingerprint density at radius 1 is 1.25 bits per heavy atom. The summed E-state index contributed by atoms with van der Waals surface area (Å²) in [6.07, 6.45) is 12.2. The van der Waals surface area contributed by atoms with Crippen molar-refractivity contribution in [3.05, 3.63) is 0 Å². The van der Waals surface area contributed by atoms with Crippen LogP contribution in [0.2, 0.25) is 0 Å². The van der Waals surface area contributed by atoms with Crippen LogP contribution in [-0.2, 0) is 4.79 Å². The molecule has 0 saturated heterocycles. The van der Waals surface area contributed by atoms with Crippen LogP contribution in [0.1, 0.15) is 78.1 Å². The lowest BCUT2D eigenvalue weighted by Gasteiger charge is -2.24. The Labute approximate surface area is 125 Å². The Morgan fingerprint density at radius 2 is 1.95 bits per heavy atom. The van der Waals surface area contributed by atoms with Crippen LogP contribution in [0.15, 0.2) is 0 Å². The Bertz CT molecular complexity index is 262. The minimum Gasteiger partial charge on any atom is -0.354 e. The smallest absolute Gasteiger partial charge is 0.236 e. The van der Waals surface area contributed by atoms with Crippen molar-refractivity contribution in [2.24, 2.45) is 17.6 Å². The average Bonchev–Trinajstić information content (AvgIpc) is 2.48. The van der Waals surface area contributed by atoms with Gasteiger partial charge in [0.25, 0.3) is 0 Å². The molecule has 1 rings (SSSR count). The maximum atomic E-state index is 12.1. The molecule has 0 bridgehead atoms. The number of nitrogens with one attached hydrogen (secondary N) is 1. The van der Waals surface area contributed by atoms with E-state index in [0.717, 1.165) is 19.4 Å². The number of hydrogen-bond acceptors (Lipinski definition) is 2. The zero-order valence-corrected chi connectivity index (χ0v) is 13.5. The zero-order valence-electron chi connectivity index (χ0n) is 13.5. The van der Waals surface area contributed by atoms with Gasteiger partial charge in [-0.05, 0) is 24.7 Å². The lowest BCUT2D eigenvalue weighted by atomic mass is 9.85. The van der Waals surface area contributed by atoms with E-state index in [1.807, 2.05) is 0 Å². The van der Waals surface area contributed by atoms with E-state index in [4.69, 9.17) is 5.73 Å². The molecule has 0 aliphatic heterocycles. The normalized spacial score (nSPS) is 19.6. The lowest BCUT2D eigenvalue weighted by Crippen LogP contribution is -2.43. The second-order valence-corrected chi connectivity index (χ2v) is 6.51. The maximum Gasteiger partial charge on any atom is 0.236 e. The summed E-state index contributed by atoms with van der Waals surface area (Å²) in [5.74, 6) is 1.35. The van der Waals surface area contributed by atoms with Gasteiger partial charge in [0.1, 0.15) is 0 Å². The van der Waals surface area contributed by atoms with Crippen molar-refractivity contribution in [3.63, 3.8) is 0 Å². The average molecular weight is 282 g/mol. The van der Waals surface area contributed by atoms with E-state index in [0.29, 0.717) is 11.8 Å². The maximum absolute atomic E-state index is 12.1. The van der Waals surface area contributed by atoms with Crippen LogP contribution in [-0.4, -0.2) is 18.5 Å². The first-order chi connectivity index (χ1) is 9.67. The second-order valence-electron chi connectivity index (χ2n) is 6.51. The summed E-state index contributed by atoms with van der Waals surface area (Å²) >= 11 is 0. The van der Waals surface area contributed by atoms with E-state index in [1.54, 1.807) is 0 Å². The van der Waals surface area contributed by atoms with E-state index in [9.17, 15) is 4.79 Å². The predicted octanol–water partition coefficient (Wildman–Crippen LogP) is 3.62.